The number of hydrogen-bond acceptors (Lipinski definition) is 5. The van der Waals surface area contributed by atoms with Crippen LogP contribution >= 0.6 is 0 Å². The summed E-state index contributed by atoms with van der Waals surface area (Å²) in [6.45, 7) is 7.01. The van der Waals surface area contributed by atoms with E-state index in [1.165, 1.54) is 5.56 Å². The Balaban J connectivity index is 2.11. The first-order valence-electron chi connectivity index (χ1n) is 6.27. The SMILES string of the molecule is Cc1n[nH]c(C)c1C(C)N(C)Cc1cnc(N)nc1. The van der Waals surface area contributed by atoms with Crippen LogP contribution in [0.4, 0.5) is 5.95 Å². The molecule has 2 rings (SSSR count). The molecular formula is C13H20N6. The fourth-order valence-electron chi connectivity index (χ4n) is 2.27. The van der Waals surface area contributed by atoms with Gasteiger partial charge in [0.15, 0.2) is 0 Å². The van der Waals surface area contributed by atoms with E-state index >= 15 is 0 Å². The molecule has 1 atom stereocenters. The molecule has 0 bridgehead atoms. The molecule has 0 saturated heterocycles. The van der Waals surface area contributed by atoms with E-state index in [4.69, 9.17) is 5.73 Å². The Morgan fingerprint density at radius 3 is 2.47 bits per heavy atom. The van der Waals surface area contributed by atoms with Gasteiger partial charge in [-0.05, 0) is 27.8 Å². The summed E-state index contributed by atoms with van der Waals surface area (Å²) in [6.07, 6.45) is 3.53. The van der Waals surface area contributed by atoms with E-state index in [-0.39, 0.29) is 6.04 Å². The van der Waals surface area contributed by atoms with Crippen molar-refractivity contribution < 1.29 is 0 Å². The summed E-state index contributed by atoms with van der Waals surface area (Å²) >= 11 is 0. The Morgan fingerprint density at radius 1 is 1.32 bits per heavy atom. The standard InChI is InChI=1S/C13H20N6/c1-8-12(9(2)18-17-8)10(3)19(4)7-11-5-15-13(14)16-6-11/h5-6,10H,7H2,1-4H3,(H,17,18)(H2,14,15,16). The maximum atomic E-state index is 5.49. The maximum Gasteiger partial charge on any atom is 0.219 e. The number of H-pyrrole nitrogens is 1. The van der Waals surface area contributed by atoms with Gasteiger partial charge in [0.1, 0.15) is 0 Å². The Morgan fingerprint density at radius 2 is 1.95 bits per heavy atom. The van der Waals surface area contributed by atoms with Gasteiger partial charge < -0.3 is 5.73 Å². The van der Waals surface area contributed by atoms with E-state index < -0.39 is 0 Å². The molecule has 1 unspecified atom stereocenters. The predicted octanol–water partition coefficient (Wildman–Crippen LogP) is 1.59. The number of aromatic nitrogens is 4. The highest BCUT2D eigenvalue weighted by Gasteiger charge is 2.18. The van der Waals surface area contributed by atoms with Crippen LogP contribution in [0.1, 0.15) is 35.5 Å². The van der Waals surface area contributed by atoms with Crippen molar-refractivity contribution >= 4 is 5.95 Å². The van der Waals surface area contributed by atoms with E-state index in [0.717, 1.165) is 23.5 Å². The van der Waals surface area contributed by atoms with Gasteiger partial charge in [0, 0.05) is 41.8 Å². The molecule has 102 valence electrons. The van der Waals surface area contributed by atoms with Crippen LogP contribution in [-0.2, 0) is 6.54 Å². The van der Waals surface area contributed by atoms with Gasteiger partial charge in [-0.15, -0.1) is 0 Å². The van der Waals surface area contributed by atoms with E-state index in [2.05, 4.69) is 39.0 Å². The van der Waals surface area contributed by atoms with Crippen molar-refractivity contribution in [2.24, 2.45) is 0 Å². The summed E-state index contributed by atoms with van der Waals surface area (Å²) in [5, 5.41) is 7.27. The second-order valence-electron chi connectivity index (χ2n) is 4.89. The van der Waals surface area contributed by atoms with Crippen LogP contribution in [0, 0.1) is 13.8 Å². The van der Waals surface area contributed by atoms with Gasteiger partial charge in [0.25, 0.3) is 0 Å². The summed E-state index contributed by atoms with van der Waals surface area (Å²) < 4.78 is 0. The molecular weight excluding hydrogens is 240 g/mol. The van der Waals surface area contributed by atoms with Gasteiger partial charge in [-0.3, -0.25) is 10.00 Å². The molecule has 0 radical (unpaired) electrons. The molecule has 0 amide bonds. The van der Waals surface area contributed by atoms with E-state index in [0.29, 0.717) is 5.95 Å². The Kier molecular flexibility index (Phi) is 3.80. The molecule has 19 heavy (non-hydrogen) atoms. The molecule has 0 aliphatic rings. The molecule has 0 aliphatic heterocycles. The number of aromatic amines is 1. The number of anilines is 1. The number of nitrogens with one attached hydrogen (secondary N) is 1. The lowest BCUT2D eigenvalue weighted by molar-refractivity contribution is 0.251. The molecule has 2 aromatic rings. The van der Waals surface area contributed by atoms with Gasteiger partial charge in [0.2, 0.25) is 5.95 Å². The normalized spacial score (nSPS) is 12.9. The average molecular weight is 260 g/mol. The Labute approximate surface area is 113 Å². The Hall–Kier alpha value is -1.95. The van der Waals surface area contributed by atoms with E-state index in [1.54, 1.807) is 12.4 Å². The first kappa shape index (κ1) is 13.5. The second kappa shape index (κ2) is 5.36. The van der Waals surface area contributed by atoms with Crippen LogP contribution in [0.5, 0.6) is 0 Å². The van der Waals surface area contributed by atoms with Crippen LogP contribution in [0.2, 0.25) is 0 Å². The second-order valence-corrected chi connectivity index (χ2v) is 4.89. The number of nitrogens with two attached hydrogens (primary N) is 1. The molecule has 0 spiro atoms. The number of aryl methyl sites for hydroxylation is 2. The average Bonchev–Trinajstić information content (AvgIpc) is 2.71. The fourth-order valence-corrected chi connectivity index (χ4v) is 2.27. The molecule has 6 nitrogen and oxygen atoms in total. The van der Waals surface area contributed by atoms with Crippen molar-refractivity contribution in [3.63, 3.8) is 0 Å². The number of rotatable bonds is 4. The van der Waals surface area contributed by atoms with Crippen LogP contribution < -0.4 is 5.73 Å². The highest BCUT2D eigenvalue weighted by atomic mass is 15.2. The van der Waals surface area contributed by atoms with Crippen molar-refractivity contribution in [2.45, 2.75) is 33.4 Å². The van der Waals surface area contributed by atoms with Crippen LogP contribution in [0.15, 0.2) is 12.4 Å². The van der Waals surface area contributed by atoms with Crippen LogP contribution in [0.25, 0.3) is 0 Å². The smallest absolute Gasteiger partial charge is 0.219 e. The molecule has 0 fully saturated rings. The minimum absolute atomic E-state index is 0.274. The quantitative estimate of drug-likeness (QED) is 0.872. The van der Waals surface area contributed by atoms with Gasteiger partial charge in [-0.2, -0.15) is 5.10 Å². The summed E-state index contributed by atoms with van der Waals surface area (Å²) in [5.41, 5.74) is 9.94. The van der Waals surface area contributed by atoms with Gasteiger partial charge in [0.05, 0.1) is 5.69 Å². The third-order valence-electron chi connectivity index (χ3n) is 3.42. The third-order valence-corrected chi connectivity index (χ3v) is 3.42. The zero-order valence-electron chi connectivity index (χ0n) is 11.8. The Bertz CT molecular complexity index is 525. The third kappa shape index (κ3) is 2.90. The fraction of sp³-hybridized carbons (Fsp3) is 0.462. The molecule has 2 aromatic heterocycles. The lowest BCUT2D eigenvalue weighted by Crippen LogP contribution is -2.23. The summed E-state index contributed by atoms with van der Waals surface area (Å²) in [5.74, 6) is 0.306. The lowest BCUT2D eigenvalue weighted by atomic mass is 10.1. The van der Waals surface area contributed by atoms with Gasteiger partial charge >= 0.3 is 0 Å². The first-order valence-corrected chi connectivity index (χ1v) is 6.27. The van der Waals surface area contributed by atoms with Crippen molar-refractivity contribution in [3.05, 3.63) is 34.9 Å². The number of hydrogen-bond donors (Lipinski definition) is 2. The van der Waals surface area contributed by atoms with Crippen LogP contribution in [-0.4, -0.2) is 32.1 Å². The highest BCUT2D eigenvalue weighted by molar-refractivity contribution is 5.27. The molecule has 3 N–H and O–H groups in total. The minimum Gasteiger partial charge on any atom is -0.368 e. The van der Waals surface area contributed by atoms with Crippen molar-refractivity contribution in [2.75, 3.05) is 12.8 Å². The highest BCUT2D eigenvalue weighted by Crippen LogP contribution is 2.25. The molecule has 0 saturated carbocycles. The van der Waals surface area contributed by atoms with E-state index in [1.807, 2.05) is 13.8 Å². The topological polar surface area (TPSA) is 83.7 Å². The number of nitrogens with zero attached hydrogens (tertiary/aromatic N) is 4. The van der Waals surface area contributed by atoms with Crippen molar-refractivity contribution in [1.29, 1.82) is 0 Å². The summed E-state index contributed by atoms with van der Waals surface area (Å²) in [6, 6.07) is 0.274. The minimum atomic E-state index is 0.274. The largest absolute Gasteiger partial charge is 0.368 e. The van der Waals surface area contributed by atoms with E-state index in [9.17, 15) is 0 Å². The lowest BCUT2D eigenvalue weighted by Gasteiger charge is -2.25. The van der Waals surface area contributed by atoms with Gasteiger partial charge in [-0.25, -0.2) is 9.97 Å². The van der Waals surface area contributed by atoms with Crippen LogP contribution in [0.3, 0.4) is 0 Å². The zero-order chi connectivity index (χ0) is 14.0. The molecule has 6 heteroatoms. The molecule has 0 aliphatic carbocycles. The predicted molar refractivity (Wildman–Crippen MR) is 74.4 cm³/mol. The molecule has 2 heterocycles. The summed E-state index contributed by atoms with van der Waals surface area (Å²) in [7, 11) is 2.08. The summed E-state index contributed by atoms with van der Waals surface area (Å²) in [4.78, 5) is 10.3. The number of nitrogen functional groups attached to an aromatic ring is 1. The zero-order valence-corrected chi connectivity index (χ0v) is 11.8. The van der Waals surface area contributed by atoms with Gasteiger partial charge in [-0.1, -0.05) is 0 Å². The monoisotopic (exact) mass is 260 g/mol. The first-order chi connectivity index (χ1) is 8.99. The van der Waals surface area contributed by atoms with Crippen molar-refractivity contribution in [3.8, 4) is 0 Å². The molecule has 0 aromatic carbocycles. The van der Waals surface area contributed by atoms with Crippen molar-refractivity contribution in [1.82, 2.24) is 25.1 Å². The maximum absolute atomic E-state index is 5.49.